The highest BCUT2D eigenvalue weighted by atomic mass is 35.5. The van der Waals surface area contributed by atoms with Crippen LogP contribution in [0.5, 0.6) is 5.75 Å². The molecule has 2 saturated heterocycles. The molecule has 0 aliphatic carbocycles. The van der Waals surface area contributed by atoms with Crippen LogP contribution in [0.1, 0.15) is 53.5 Å². The first-order chi connectivity index (χ1) is 20.0. The Kier molecular flexibility index (Phi) is 7.45. The molecular formula is C34H38ClFN4OSi. The van der Waals surface area contributed by atoms with E-state index in [4.69, 9.17) is 11.6 Å². The van der Waals surface area contributed by atoms with Crippen LogP contribution in [0.3, 0.4) is 0 Å². The number of fused-ring (bicyclic) bond motifs is 3. The number of pyridine rings is 2. The van der Waals surface area contributed by atoms with Gasteiger partial charge >= 0.3 is 0 Å². The molecule has 2 atom stereocenters. The van der Waals surface area contributed by atoms with Crippen LogP contribution >= 0.6 is 11.6 Å². The van der Waals surface area contributed by atoms with E-state index in [0.717, 1.165) is 41.5 Å². The van der Waals surface area contributed by atoms with Crippen LogP contribution in [0.25, 0.3) is 32.9 Å². The van der Waals surface area contributed by atoms with Crippen molar-refractivity contribution < 1.29 is 9.50 Å². The maximum absolute atomic E-state index is 16.5. The topological polar surface area (TPSA) is 61.3 Å². The zero-order chi connectivity index (χ0) is 29.9. The first-order valence-corrected chi connectivity index (χ1v) is 17.6. The third-order valence-corrected chi connectivity index (χ3v) is 16.2. The number of nitrogens with zero attached hydrogens (tertiary/aromatic N) is 3. The molecule has 2 aliphatic heterocycles. The number of hydrogen-bond donors (Lipinski definition) is 2. The van der Waals surface area contributed by atoms with Crippen molar-refractivity contribution in [3.8, 4) is 28.5 Å². The molecule has 4 aromatic rings. The molecule has 0 amide bonds. The second-order valence-electron chi connectivity index (χ2n) is 12.8. The lowest BCUT2D eigenvalue weighted by atomic mass is 9.95. The first kappa shape index (κ1) is 28.9. The number of phenols is 1. The molecule has 5 nitrogen and oxygen atoms in total. The molecule has 0 saturated carbocycles. The Balaban J connectivity index is 1.54. The molecule has 0 spiro atoms. The fourth-order valence-corrected chi connectivity index (χ4v) is 13.1. The number of nitrogens with one attached hydrogen (secondary N) is 1. The van der Waals surface area contributed by atoms with E-state index >= 15 is 4.39 Å². The predicted molar refractivity (Wildman–Crippen MR) is 175 cm³/mol. The Morgan fingerprint density at radius 3 is 2.50 bits per heavy atom. The minimum absolute atomic E-state index is 0.0456. The van der Waals surface area contributed by atoms with Gasteiger partial charge in [0.25, 0.3) is 0 Å². The van der Waals surface area contributed by atoms with Crippen molar-refractivity contribution in [2.75, 3.05) is 18.0 Å². The highest BCUT2D eigenvalue weighted by Gasteiger charge is 2.44. The lowest BCUT2D eigenvalue weighted by Crippen LogP contribution is -2.61. The third kappa shape index (κ3) is 4.47. The molecular weight excluding hydrogens is 563 g/mol. The average Bonchev–Trinajstić information content (AvgIpc) is 3.29. The summed E-state index contributed by atoms with van der Waals surface area (Å²) >= 11 is 6.65. The number of phenolic OH excluding ortho intramolecular Hbond substituents is 1. The SMILES string of the molecule is CC(C)[Si](C#Cc1cccc2cc(O)cc(-c3ncc4c(N5C[C@H]6NCC[C@H]65)c(Cl)cnc4c3F)c12)(C(C)C)C(C)C. The summed E-state index contributed by atoms with van der Waals surface area (Å²) in [6.45, 7) is 15.5. The van der Waals surface area contributed by atoms with Crippen LogP contribution in [-0.2, 0) is 0 Å². The number of rotatable bonds is 5. The number of aromatic hydroxyl groups is 1. The largest absolute Gasteiger partial charge is 0.508 e. The van der Waals surface area contributed by atoms with Gasteiger partial charge in [-0.2, -0.15) is 0 Å². The molecule has 0 radical (unpaired) electrons. The van der Waals surface area contributed by atoms with E-state index in [1.807, 2.05) is 18.2 Å². The number of benzene rings is 2. The summed E-state index contributed by atoms with van der Waals surface area (Å²) < 4.78 is 16.5. The fraction of sp³-hybridized carbons (Fsp3) is 0.412. The monoisotopic (exact) mass is 600 g/mol. The Labute approximate surface area is 253 Å². The van der Waals surface area contributed by atoms with Crippen molar-refractivity contribution >= 4 is 47.0 Å². The van der Waals surface area contributed by atoms with Gasteiger partial charge in [0.1, 0.15) is 25.0 Å². The summed E-state index contributed by atoms with van der Waals surface area (Å²) in [5.41, 5.74) is 7.72. The molecule has 2 aromatic heterocycles. The van der Waals surface area contributed by atoms with Gasteiger partial charge in [-0.05, 0) is 53.2 Å². The van der Waals surface area contributed by atoms with Crippen LogP contribution in [0, 0.1) is 17.3 Å². The average molecular weight is 601 g/mol. The summed E-state index contributed by atoms with van der Waals surface area (Å²) in [5, 5.41) is 16.9. The van der Waals surface area contributed by atoms with E-state index < -0.39 is 13.9 Å². The minimum Gasteiger partial charge on any atom is -0.508 e. The fourth-order valence-electron chi connectivity index (χ4n) is 7.66. The molecule has 0 unspecified atom stereocenters. The predicted octanol–water partition coefficient (Wildman–Crippen LogP) is 8.07. The molecule has 42 heavy (non-hydrogen) atoms. The van der Waals surface area contributed by atoms with Crippen LogP contribution in [0.15, 0.2) is 42.7 Å². The van der Waals surface area contributed by atoms with Gasteiger partial charge in [0.2, 0.25) is 0 Å². The van der Waals surface area contributed by atoms with E-state index in [0.29, 0.717) is 44.7 Å². The minimum atomic E-state index is -2.01. The standard InChI is InChI=1S/C34H38ClFN4OSi/c1-19(2)42(20(3)4,21(5)6)13-11-22-8-7-9-23-14-24(41)15-25(30(22)23)32-31(36)33-26(16-38-32)34(27(35)17-39-33)40-18-28-29(40)10-12-37-28/h7-9,14-17,19-21,28-29,37,41H,10,12,18H2,1-6H3/t28-,29-/m1/s1. The van der Waals surface area contributed by atoms with Gasteiger partial charge in [-0.3, -0.25) is 9.97 Å². The van der Waals surface area contributed by atoms with Crippen LogP contribution in [0.2, 0.25) is 21.6 Å². The van der Waals surface area contributed by atoms with Gasteiger partial charge in [-0.15, -0.1) is 5.54 Å². The van der Waals surface area contributed by atoms with Gasteiger partial charge in [0, 0.05) is 52.9 Å². The summed E-state index contributed by atoms with van der Waals surface area (Å²) in [5.74, 6) is 3.08. The Bertz CT molecular complexity index is 1740. The van der Waals surface area contributed by atoms with Gasteiger partial charge in [-0.25, -0.2) is 4.39 Å². The second kappa shape index (κ2) is 10.8. The van der Waals surface area contributed by atoms with Gasteiger partial charge in [0.15, 0.2) is 5.82 Å². The number of halogens is 2. The maximum Gasteiger partial charge on any atom is 0.175 e. The summed E-state index contributed by atoms with van der Waals surface area (Å²) in [6.07, 6.45) is 4.23. The smallest absolute Gasteiger partial charge is 0.175 e. The van der Waals surface area contributed by atoms with Gasteiger partial charge in [-0.1, -0.05) is 71.2 Å². The summed E-state index contributed by atoms with van der Waals surface area (Å²) in [6, 6.07) is 9.91. The third-order valence-electron chi connectivity index (χ3n) is 9.67. The van der Waals surface area contributed by atoms with Gasteiger partial charge in [0.05, 0.1) is 10.7 Å². The van der Waals surface area contributed by atoms with Crippen molar-refractivity contribution in [2.24, 2.45) is 0 Å². The number of hydrogen-bond acceptors (Lipinski definition) is 5. The van der Waals surface area contributed by atoms with Crippen molar-refractivity contribution in [1.29, 1.82) is 0 Å². The molecule has 0 bridgehead atoms. The molecule has 8 heteroatoms. The molecule has 218 valence electrons. The molecule has 2 fully saturated rings. The zero-order valence-corrected chi connectivity index (χ0v) is 26.9. The molecule has 6 rings (SSSR count). The summed E-state index contributed by atoms with van der Waals surface area (Å²) in [4.78, 5) is 11.3. The lowest BCUT2D eigenvalue weighted by molar-refractivity contribution is 0.397. The van der Waals surface area contributed by atoms with Crippen LogP contribution in [0.4, 0.5) is 10.1 Å². The molecule has 4 heterocycles. The summed E-state index contributed by atoms with van der Waals surface area (Å²) in [7, 11) is -2.01. The van der Waals surface area contributed by atoms with E-state index in [-0.39, 0.29) is 17.0 Å². The van der Waals surface area contributed by atoms with E-state index in [1.165, 1.54) is 6.20 Å². The number of anilines is 1. The van der Waals surface area contributed by atoms with E-state index in [9.17, 15) is 5.11 Å². The Morgan fingerprint density at radius 2 is 1.81 bits per heavy atom. The highest BCUT2D eigenvalue weighted by Crippen LogP contribution is 2.44. The Morgan fingerprint density at radius 1 is 1.07 bits per heavy atom. The van der Waals surface area contributed by atoms with E-state index in [1.54, 1.807) is 18.3 Å². The van der Waals surface area contributed by atoms with Gasteiger partial charge < -0.3 is 15.3 Å². The quantitative estimate of drug-likeness (QED) is 0.179. The highest BCUT2D eigenvalue weighted by molar-refractivity contribution is 6.90. The van der Waals surface area contributed by atoms with Crippen molar-refractivity contribution in [1.82, 2.24) is 15.3 Å². The van der Waals surface area contributed by atoms with Crippen molar-refractivity contribution in [2.45, 2.75) is 76.7 Å². The second-order valence-corrected chi connectivity index (χ2v) is 18.7. The van der Waals surface area contributed by atoms with Crippen molar-refractivity contribution in [3.05, 3.63) is 59.1 Å². The maximum atomic E-state index is 16.5. The van der Waals surface area contributed by atoms with Crippen molar-refractivity contribution in [3.63, 3.8) is 0 Å². The zero-order valence-electron chi connectivity index (χ0n) is 25.1. The normalized spacial score (nSPS) is 18.6. The Hall–Kier alpha value is -3.18. The molecule has 2 N–H and O–H groups in total. The molecule has 2 aromatic carbocycles. The lowest BCUT2D eigenvalue weighted by Gasteiger charge is -2.46. The van der Waals surface area contributed by atoms with Crippen LogP contribution in [-0.4, -0.2) is 48.3 Å². The van der Waals surface area contributed by atoms with Crippen LogP contribution < -0.4 is 10.2 Å². The first-order valence-electron chi connectivity index (χ1n) is 15.0. The number of aromatic nitrogens is 2. The molecule has 2 aliphatic rings. The van der Waals surface area contributed by atoms with E-state index in [2.05, 4.69) is 73.2 Å².